The molecule has 0 N–H and O–H groups in total. The molecule has 0 spiro atoms. The Bertz CT molecular complexity index is 440. The van der Waals surface area contributed by atoms with E-state index in [4.69, 9.17) is 10.3 Å². The molecule has 0 fully saturated rings. The van der Waals surface area contributed by atoms with E-state index in [2.05, 4.69) is 16.9 Å². The van der Waals surface area contributed by atoms with Crippen LogP contribution in [0.25, 0.3) is 10.4 Å². The van der Waals surface area contributed by atoms with E-state index in [0.29, 0.717) is 23.6 Å². The number of rotatable bonds is 8. The maximum Gasteiger partial charge on any atom is 0.153 e. The SMILES string of the molecule is CCCCCCOc1cc(N=[N+]=[N-])ccc1C=O. The summed E-state index contributed by atoms with van der Waals surface area (Å²) in [4.78, 5) is 13.6. The van der Waals surface area contributed by atoms with Gasteiger partial charge < -0.3 is 4.74 Å². The van der Waals surface area contributed by atoms with Crippen molar-refractivity contribution in [2.45, 2.75) is 32.6 Å². The number of ether oxygens (including phenoxy) is 1. The lowest BCUT2D eigenvalue weighted by Crippen LogP contribution is -1.99. The predicted molar refractivity (Wildman–Crippen MR) is 70.3 cm³/mol. The molecule has 0 saturated heterocycles. The fourth-order valence-electron chi connectivity index (χ4n) is 1.57. The normalized spacial score (nSPS) is 9.61. The number of hydrogen-bond donors (Lipinski definition) is 0. The smallest absolute Gasteiger partial charge is 0.153 e. The van der Waals surface area contributed by atoms with Gasteiger partial charge in [-0.15, -0.1) is 0 Å². The molecule has 1 rings (SSSR count). The highest BCUT2D eigenvalue weighted by molar-refractivity contribution is 5.80. The minimum atomic E-state index is 0.451. The number of nitrogens with zero attached hydrogens (tertiary/aromatic N) is 3. The second-order valence-corrected chi connectivity index (χ2v) is 3.94. The van der Waals surface area contributed by atoms with Crippen molar-refractivity contribution in [3.8, 4) is 5.75 Å². The monoisotopic (exact) mass is 247 g/mol. The predicted octanol–water partition coefficient (Wildman–Crippen LogP) is 4.40. The van der Waals surface area contributed by atoms with Gasteiger partial charge in [-0.25, -0.2) is 0 Å². The number of aldehydes is 1. The van der Waals surface area contributed by atoms with Crippen molar-refractivity contribution in [1.82, 2.24) is 0 Å². The van der Waals surface area contributed by atoms with E-state index in [-0.39, 0.29) is 0 Å². The zero-order valence-electron chi connectivity index (χ0n) is 10.5. The van der Waals surface area contributed by atoms with E-state index in [1.165, 1.54) is 12.8 Å². The van der Waals surface area contributed by atoms with Crippen LogP contribution in [0.15, 0.2) is 23.3 Å². The summed E-state index contributed by atoms with van der Waals surface area (Å²) in [7, 11) is 0. The molecule has 18 heavy (non-hydrogen) atoms. The molecule has 0 heterocycles. The van der Waals surface area contributed by atoms with E-state index in [1.54, 1.807) is 18.2 Å². The Morgan fingerprint density at radius 1 is 1.39 bits per heavy atom. The van der Waals surface area contributed by atoms with Gasteiger partial charge in [-0.1, -0.05) is 37.4 Å². The highest BCUT2D eigenvalue weighted by Gasteiger charge is 2.03. The number of unbranched alkanes of at least 4 members (excludes halogenated alkanes) is 3. The lowest BCUT2D eigenvalue weighted by Gasteiger charge is -2.08. The summed E-state index contributed by atoms with van der Waals surface area (Å²) in [6.45, 7) is 2.72. The van der Waals surface area contributed by atoms with Crippen molar-refractivity contribution < 1.29 is 9.53 Å². The van der Waals surface area contributed by atoms with Gasteiger partial charge in [-0.2, -0.15) is 0 Å². The fraction of sp³-hybridized carbons (Fsp3) is 0.462. The van der Waals surface area contributed by atoms with Crippen LogP contribution in [0.5, 0.6) is 5.75 Å². The molecular formula is C13H17N3O2. The third kappa shape index (κ3) is 4.47. The van der Waals surface area contributed by atoms with E-state index in [9.17, 15) is 4.79 Å². The highest BCUT2D eigenvalue weighted by Crippen LogP contribution is 2.24. The van der Waals surface area contributed by atoms with Gasteiger partial charge in [0, 0.05) is 10.6 Å². The summed E-state index contributed by atoms with van der Waals surface area (Å²) in [5.74, 6) is 0.478. The average molecular weight is 247 g/mol. The molecule has 0 aliphatic heterocycles. The van der Waals surface area contributed by atoms with Crippen molar-refractivity contribution in [1.29, 1.82) is 0 Å². The van der Waals surface area contributed by atoms with Gasteiger partial charge >= 0.3 is 0 Å². The molecule has 0 aliphatic carbocycles. The van der Waals surface area contributed by atoms with Gasteiger partial charge in [-0.05, 0) is 24.1 Å². The van der Waals surface area contributed by atoms with Crippen molar-refractivity contribution >= 4 is 12.0 Å². The Morgan fingerprint density at radius 3 is 2.89 bits per heavy atom. The van der Waals surface area contributed by atoms with Crippen LogP contribution in [0.3, 0.4) is 0 Å². The van der Waals surface area contributed by atoms with E-state index < -0.39 is 0 Å². The first-order valence-electron chi connectivity index (χ1n) is 6.09. The Labute approximate surface area is 106 Å². The molecule has 0 saturated carbocycles. The molecule has 1 aromatic carbocycles. The zero-order valence-corrected chi connectivity index (χ0v) is 10.5. The van der Waals surface area contributed by atoms with Gasteiger partial charge in [0.25, 0.3) is 0 Å². The summed E-state index contributed by atoms with van der Waals surface area (Å²) in [5, 5.41) is 3.49. The summed E-state index contributed by atoms with van der Waals surface area (Å²) < 4.78 is 5.55. The van der Waals surface area contributed by atoms with Gasteiger partial charge in [0.15, 0.2) is 6.29 Å². The average Bonchev–Trinajstić information content (AvgIpc) is 2.39. The second kappa shape index (κ2) is 8.14. The number of carbonyl (C=O) groups excluding carboxylic acids is 1. The van der Waals surface area contributed by atoms with E-state index >= 15 is 0 Å². The van der Waals surface area contributed by atoms with Crippen molar-refractivity contribution in [3.63, 3.8) is 0 Å². The number of carbonyl (C=O) groups is 1. The van der Waals surface area contributed by atoms with Gasteiger partial charge in [0.05, 0.1) is 12.2 Å². The van der Waals surface area contributed by atoms with Crippen LogP contribution < -0.4 is 4.74 Å². The Balaban J connectivity index is 2.63. The molecule has 0 amide bonds. The third-order valence-corrected chi connectivity index (χ3v) is 2.54. The van der Waals surface area contributed by atoms with Gasteiger partial charge in [-0.3, -0.25) is 4.79 Å². The van der Waals surface area contributed by atoms with Crippen LogP contribution in [0.2, 0.25) is 0 Å². The number of hydrogen-bond acceptors (Lipinski definition) is 3. The van der Waals surface area contributed by atoms with Crippen molar-refractivity contribution in [2.24, 2.45) is 5.11 Å². The summed E-state index contributed by atoms with van der Waals surface area (Å²) in [5.41, 5.74) is 9.28. The largest absolute Gasteiger partial charge is 0.493 e. The molecule has 0 aliphatic rings. The minimum Gasteiger partial charge on any atom is -0.493 e. The van der Waals surface area contributed by atoms with Crippen LogP contribution in [0, 0.1) is 0 Å². The molecule has 5 heteroatoms. The Kier molecular flexibility index (Phi) is 6.36. The molecular weight excluding hydrogens is 230 g/mol. The summed E-state index contributed by atoms with van der Waals surface area (Å²) >= 11 is 0. The van der Waals surface area contributed by atoms with E-state index in [1.807, 2.05) is 0 Å². The first-order valence-corrected chi connectivity index (χ1v) is 6.09. The lowest BCUT2D eigenvalue weighted by atomic mass is 10.2. The molecule has 5 nitrogen and oxygen atoms in total. The zero-order chi connectivity index (χ0) is 13.2. The Hall–Kier alpha value is -2.00. The highest BCUT2D eigenvalue weighted by atomic mass is 16.5. The molecule has 0 unspecified atom stereocenters. The molecule has 0 bridgehead atoms. The minimum absolute atomic E-state index is 0.451. The standard InChI is InChI=1S/C13H17N3O2/c1-2-3-4-5-8-18-13-9-12(15-16-14)7-6-11(13)10-17/h6-7,9-10H,2-5,8H2,1H3. The molecule has 1 aromatic rings. The van der Waals surface area contributed by atoms with Crippen LogP contribution in [0.4, 0.5) is 5.69 Å². The third-order valence-electron chi connectivity index (χ3n) is 2.54. The summed E-state index contributed by atoms with van der Waals surface area (Å²) in [6.07, 6.45) is 5.16. The quantitative estimate of drug-likeness (QED) is 0.224. The first kappa shape index (κ1) is 14.1. The van der Waals surface area contributed by atoms with Gasteiger partial charge in [0.2, 0.25) is 0 Å². The van der Waals surface area contributed by atoms with Crippen LogP contribution in [-0.2, 0) is 0 Å². The molecule has 0 aromatic heterocycles. The molecule has 96 valence electrons. The van der Waals surface area contributed by atoms with Crippen LogP contribution in [0.1, 0.15) is 43.0 Å². The fourth-order valence-corrected chi connectivity index (χ4v) is 1.57. The maximum atomic E-state index is 10.8. The van der Waals surface area contributed by atoms with Crippen molar-refractivity contribution in [2.75, 3.05) is 6.61 Å². The van der Waals surface area contributed by atoms with Crippen LogP contribution in [-0.4, -0.2) is 12.9 Å². The first-order chi connectivity index (χ1) is 8.81. The Morgan fingerprint density at radius 2 is 2.22 bits per heavy atom. The number of azide groups is 1. The summed E-state index contributed by atoms with van der Waals surface area (Å²) in [6, 6.07) is 4.77. The lowest BCUT2D eigenvalue weighted by molar-refractivity contribution is 0.111. The number of benzene rings is 1. The molecule has 0 atom stereocenters. The van der Waals surface area contributed by atoms with Crippen molar-refractivity contribution in [3.05, 3.63) is 34.2 Å². The maximum absolute atomic E-state index is 10.8. The van der Waals surface area contributed by atoms with Gasteiger partial charge in [0.1, 0.15) is 5.75 Å². The molecule has 0 radical (unpaired) electrons. The second-order valence-electron chi connectivity index (χ2n) is 3.94. The van der Waals surface area contributed by atoms with Crippen LogP contribution >= 0.6 is 0 Å². The topological polar surface area (TPSA) is 75.1 Å². The van der Waals surface area contributed by atoms with E-state index in [0.717, 1.165) is 19.1 Å².